The van der Waals surface area contributed by atoms with Crippen LogP contribution < -0.4 is 0 Å². The number of unbranched alkanes of at least 4 members (excludes halogenated alkanes) is 5. The minimum Gasteiger partial charge on any atom is -0.473 e. The van der Waals surface area contributed by atoms with Crippen LogP contribution >= 0.6 is 0 Å². The molecule has 0 aliphatic rings. The van der Waals surface area contributed by atoms with Gasteiger partial charge >= 0.3 is 11.9 Å². The van der Waals surface area contributed by atoms with Gasteiger partial charge in [-0.05, 0) is 6.42 Å². The summed E-state index contributed by atoms with van der Waals surface area (Å²) in [7, 11) is 0. The topological polar surface area (TPSA) is 72.8 Å². The molecule has 0 aromatic carbocycles. The van der Waals surface area contributed by atoms with Gasteiger partial charge in [-0.15, -0.1) is 0 Å². The summed E-state index contributed by atoms with van der Waals surface area (Å²) in [5, 5.41) is 8.13. The van der Waals surface area contributed by atoms with E-state index in [1.807, 2.05) is 0 Å². The molecule has 0 aromatic rings. The zero-order chi connectivity index (χ0) is 11.5. The van der Waals surface area contributed by atoms with Gasteiger partial charge in [0.25, 0.3) is 0 Å². The van der Waals surface area contributed by atoms with E-state index < -0.39 is 11.9 Å². The van der Waals surface area contributed by atoms with Gasteiger partial charge in [0, 0.05) is 0 Å². The maximum absolute atomic E-state index is 10.4. The average Bonchev–Trinajstić information content (AvgIpc) is 2.21. The molecule has 0 atom stereocenters. The highest BCUT2D eigenvalue weighted by atomic mass is 17.2. The Labute approximate surface area is 89.3 Å². The Balaban J connectivity index is 3.11. The highest BCUT2D eigenvalue weighted by molar-refractivity contribution is 6.28. The molecule has 0 amide bonds. The van der Waals surface area contributed by atoms with Gasteiger partial charge in [-0.25, -0.2) is 9.59 Å². The van der Waals surface area contributed by atoms with Crippen LogP contribution in [0.5, 0.6) is 0 Å². The van der Waals surface area contributed by atoms with Crippen molar-refractivity contribution in [1.82, 2.24) is 0 Å². The van der Waals surface area contributed by atoms with Crippen LogP contribution in [-0.4, -0.2) is 23.7 Å². The number of aliphatic carboxylic acids is 1. The molecule has 0 spiro atoms. The number of hydrogen-bond donors (Lipinski definition) is 1. The summed E-state index contributed by atoms with van der Waals surface area (Å²) in [6.07, 6.45) is 6.54. The van der Waals surface area contributed by atoms with Gasteiger partial charge in [-0.3, -0.25) is 4.89 Å². The third-order valence-corrected chi connectivity index (χ3v) is 1.89. The second-order valence-corrected chi connectivity index (χ2v) is 3.27. The van der Waals surface area contributed by atoms with Gasteiger partial charge in [0.05, 0.1) is 6.61 Å². The Morgan fingerprint density at radius 2 is 1.67 bits per heavy atom. The molecule has 88 valence electrons. The Bertz CT molecular complexity index is 190. The zero-order valence-electron chi connectivity index (χ0n) is 9.03. The molecule has 0 aliphatic carbocycles. The molecule has 15 heavy (non-hydrogen) atoms. The molecule has 0 heterocycles. The molecule has 0 radical (unpaired) electrons. The van der Waals surface area contributed by atoms with Crippen molar-refractivity contribution < 1.29 is 24.5 Å². The predicted octanol–water partition coefficient (Wildman–Crippen LogP) is 1.91. The summed E-state index contributed by atoms with van der Waals surface area (Å²) in [6.45, 7) is 2.40. The van der Waals surface area contributed by atoms with Crippen LogP contribution in [0.4, 0.5) is 0 Å². The third-order valence-electron chi connectivity index (χ3n) is 1.89. The summed E-state index contributed by atoms with van der Waals surface area (Å²) >= 11 is 0. The summed E-state index contributed by atoms with van der Waals surface area (Å²) in [4.78, 5) is 28.8. The Morgan fingerprint density at radius 1 is 1.07 bits per heavy atom. The lowest BCUT2D eigenvalue weighted by molar-refractivity contribution is -0.272. The standard InChI is InChI=1S/C10H18O5/c1-2-3-4-5-6-7-8-14-15-10(13)9(11)12/h2-8H2,1H3,(H,11,12). The second kappa shape index (κ2) is 9.45. The molecular weight excluding hydrogens is 200 g/mol. The normalized spacial score (nSPS) is 9.93. The van der Waals surface area contributed by atoms with Gasteiger partial charge in [-0.1, -0.05) is 39.0 Å². The molecule has 1 N–H and O–H groups in total. The second-order valence-electron chi connectivity index (χ2n) is 3.27. The molecule has 0 saturated carbocycles. The number of carboxylic acids is 1. The van der Waals surface area contributed by atoms with Crippen molar-refractivity contribution in [3.05, 3.63) is 0 Å². The van der Waals surface area contributed by atoms with Crippen LogP contribution in [0.2, 0.25) is 0 Å². The number of carbonyl (C=O) groups excluding carboxylic acids is 1. The fraction of sp³-hybridized carbons (Fsp3) is 0.800. The van der Waals surface area contributed by atoms with Crippen molar-refractivity contribution in [1.29, 1.82) is 0 Å². The lowest BCUT2D eigenvalue weighted by Crippen LogP contribution is -2.16. The molecule has 0 aliphatic heterocycles. The van der Waals surface area contributed by atoms with Gasteiger partial charge in [0.2, 0.25) is 0 Å². The van der Waals surface area contributed by atoms with Gasteiger partial charge < -0.3 is 5.11 Å². The summed E-state index contributed by atoms with van der Waals surface area (Å²) < 4.78 is 0. The van der Waals surface area contributed by atoms with E-state index in [9.17, 15) is 9.59 Å². The first kappa shape index (κ1) is 13.9. The van der Waals surface area contributed by atoms with Crippen LogP contribution in [0.25, 0.3) is 0 Å². The van der Waals surface area contributed by atoms with E-state index in [1.54, 1.807) is 0 Å². The number of carboxylic acid groups (broad SMARTS) is 1. The predicted molar refractivity (Wildman–Crippen MR) is 53.1 cm³/mol. The third kappa shape index (κ3) is 9.21. The van der Waals surface area contributed by atoms with E-state index in [2.05, 4.69) is 16.7 Å². The van der Waals surface area contributed by atoms with Crippen molar-refractivity contribution in [2.45, 2.75) is 45.4 Å². The molecule has 5 heteroatoms. The van der Waals surface area contributed by atoms with E-state index in [4.69, 9.17) is 5.11 Å². The molecule has 0 aromatic heterocycles. The quantitative estimate of drug-likeness (QED) is 0.291. The maximum atomic E-state index is 10.4. The maximum Gasteiger partial charge on any atom is 0.449 e. The van der Waals surface area contributed by atoms with Crippen molar-refractivity contribution >= 4 is 11.9 Å². The first-order valence-electron chi connectivity index (χ1n) is 5.25. The molecule has 0 unspecified atom stereocenters. The SMILES string of the molecule is CCCCCCCCOOC(=O)C(=O)O. The molecule has 0 fully saturated rings. The number of hydrogen-bond acceptors (Lipinski definition) is 4. The highest BCUT2D eigenvalue weighted by Gasteiger charge is 2.13. The van der Waals surface area contributed by atoms with E-state index in [0.29, 0.717) is 0 Å². The van der Waals surface area contributed by atoms with Crippen molar-refractivity contribution in [2.75, 3.05) is 6.61 Å². The first-order chi connectivity index (χ1) is 7.18. The first-order valence-corrected chi connectivity index (χ1v) is 5.25. The van der Waals surface area contributed by atoms with E-state index in [1.165, 1.54) is 19.3 Å². The van der Waals surface area contributed by atoms with Crippen molar-refractivity contribution in [3.63, 3.8) is 0 Å². The summed E-state index contributed by atoms with van der Waals surface area (Å²) in [5.41, 5.74) is 0. The Kier molecular flexibility index (Phi) is 8.76. The largest absolute Gasteiger partial charge is 0.473 e. The van der Waals surface area contributed by atoms with Crippen LogP contribution in [0, 0.1) is 0 Å². The zero-order valence-corrected chi connectivity index (χ0v) is 9.03. The average molecular weight is 218 g/mol. The minimum absolute atomic E-state index is 0.255. The Hall–Kier alpha value is -1.10. The molecule has 0 bridgehead atoms. The van der Waals surface area contributed by atoms with Gasteiger partial charge in [-0.2, -0.15) is 4.89 Å². The molecule has 5 nitrogen and oxygen atoms in total. The number of rotatable bonds is 8. The summed E-state index contributed by atoms with van der Waals surface area (Å²) in [6, 6.07) is 0. The van der Waals surface area contributed by atoms with Crippen LogP contribution in [-0.2, 0) is 19.4 Å². The lowest BCUT2D eigenvalue weighted by atomic mass is 10.1. The summed E-state index contributed by atoms with van der Waals surface area (Å²) in [5.74, 6) is -3.01. The fourth-order valence-electron chi connectivity index (χ4n) is 1.07. The van der Waals surface area contributed by atoms with Gasteiger partial charge in [0.1, 0.15) is 0 Å². The molecule has 0 saturated heterocycles. The van der Waals surface area contributed by atoms with E-state index in [-0.39, 0.29) is 6.61 Å². The fourth-order valence-corrected chi connectivity index (χ4v) is 1.07. The molecule has 0 rings (SSSR count). The van der Waals surface area contributed by atoms with Crippen molar-refractivity contribution in [2.24, 2.45) is 0 Å². The minimum atomic E-state index is -1.64. The monoisotopic (exact) mass is 218 g/mol. The lowest BCUT2D eigenvalue weighted by Gasteiger charge is -2.01. The smallest absolute Gasteiger partial charge is 0.449 e. The van der Waals surface area contributed by atoms with Crippen LogP contribution in [0.15, 0.2) is 0 Å². The van der Waals surface area contributed by atoms with Gasteiger partial charge in [0.15, 0.2) is 0 Å². The van der Waals surface area contributed by atoms with E-state index >= 15 is 0 Å². The van der Waals surface area contributed by atoms with Crippen LogP contribution in [0.1, 0.15) is 45.4 Å². The molecular formula is C10H18O5. The highest BCUT2D eigenvalue weighted by Crippen LogP contribution is 2.04. The van der Waals surface area contributed by atoms with E-state index in [0.717, 1.165) is 19.3 Å². The van der Waals surface area contributed by atoms with Crippen LogP contribution in [0.3, 0.4) is 0 Å². The number of carbonyl (C=O) groups is 2. The Morgan fingerprint density at radius 3 is 2.27 bits per heavy atom. The van der Waals surface area contributed by atoms with Crippen molar-refractivity contribution in [3.8, 4) is 0 Å².